The van der Waals surface area contributed by atoms with Gasteiger partial charge in [0.2, 0.25) is 5.91 Å². The highest BCUT2D eigenvalue weighted by molar-refractivity contribution is 7.22. The fourth-order valence-corrected chi connectivity index (χ4v) is 3.49. The average molecular weight is 354 g/mol. The summed E-state index contributed by atoms with van der Waals surface area (Å²) in [5, 5.41) is 3.53. The van der Waals surface area contributed by atoms with E-state index in [1.807, 2.05) is 31.2 Å². The largest absolute Gasteiger partial charge is 0.494 e. The summed E-state index contributed by atoms with van der Waals surface area (Å²) in [5.41, 5.74) is 3.40. The van der Waals surface area contributed by atoms with E-state index in [4.69, 9.17) is 4.74 Å². The molecule has 0 saturated heterocycles. The first-order valence-electron chi connectivity index (χ1n) is 8.53. The summed E-state index contributed by atoms with van der Waals surface area (Å²) in [4.78, 5) is 16.5. The van der Waals surface area contributed by atoms with Crippen LogP contribution in [-0.2, 0) is 11.2 Å². The summed E-state index contributed by atoms with van der Waals surface area (Å²) < 4.78 is 6.77. The van der Waals surface area contributed by atoms with Gasteiger partial charge in [0.1, 0.15) is 5.75 Å². The minimum absolute atomic E-state index is 0.0271. The molecule has 130 valence electrons. The third-order valence-electron chi connectivity index (χ3n) is 3.94. The van der Waals surface area contributed by atoms with E-state index >= 15 is 0 Å². The molecule has 2 aromatic carbocycles. The molecule has 5 heteroatoms. The van der Waals surface area contributed by atoms with Crippen molar-refractivity contribution in [1.82, 2.24) is 4.98 Å². The highest BCUT2D eigenvalue weighted by atomic mass is 32.1. The van der Waals surface area contributed by atoms with Gasteiger partial charge in [0.15, 0.2) is 5.13 Å². The lowest BCUT2D eigenvalue weighted by atomic mass is 10.2. The number of anilines is 1. The zero-order valence-corrected chi connectivity index (χ0v) is 15.4. The Morgan fingerprint density at radius 3 is 2.76 bits per heavy atom. The van der Waals surface area contributed by atoms with Crippen LogP contribution in [0.15, 0.2) is 42.5 Å². The van der Waals surface area contributed by atoms with Crippen LogP contribution in [0.2, 0.25) is 0 Å². The molecule has 0 aliphatic carbocycles. The number of aryl methyl sites for hydroxylation is 2. The van der Waals surface area contributed by atoms with Crippen molar-refractivity contribution in [2.45, 2.75) is 33.1 Å². The monoisotopic (exact) mass is 354 g/mol. The van der Waals surface area contributed by atoms with Crippen LogP contribution in [0.1, 0.15) is 30.9 Å². The first kappa shape index (κ1) is 17.4. The molecular formula is C20H22N2O2S. The number of carbonyl (C=O) groups excluding carboxylic acids is 1. The quantitative estimate of drug-likeness (QED) is 0.610. The number of amides is 1. The molecular weight excluding hydrogens is 332 g/mol. The number of nitrogens with one attached hydrogen (secondary N) is 1. The predicted octanol–water partition coefficient (Wildman–Crippen LogP) is 4.96. The number of carbonyl (C=O) groups is 1. The molecule has 1 heterocycles. The van der Waals surface area contributed by atoms with Crippen molar-refractivity contribution < 1.29 is 9.53 Å². The zero-order chi connectivity index (χ0) is 17.6. The topological polar surface area (TPSA) is 51.2 Å². The second kappa shape index (κ2) is 8.12. The third kappa shape index (κ3) is 4.79. The third-order valence-corrected chi connectivity index (χ3v) is 4.87. The van der Waals surface area contributed by atoms with Gasteiger partial charge >= 0.3 is 0 Å². The lowest BCUT2D eigenvalue weighted by Crippen LogP contribution is -2.12. The van der Waals surface area contributed by atoms with Crippen LogP contribution in [-0.4, -0.2) is 17.5 Å². The Hall–Kier alpha value is -2.40. The Morgan fingerprint density at radius 2 is 2.00 bits per heavy atom. The van der Waals surface area contributed by atoms with Gasteiger partial charge in [-0.1, -0.05) is 36.5 Å². The molecule has 3 rings (SSSR count). The predicted molar refractivity (Wildman–Crippen MR) is 104 cm³/mol. The Kier molecular flexibility index (Phi) is 5.66. The standard InChI is InChI=1S/C20H22N2O2S/c1-3-15-7-9-16(10-8-15)24-12-4-5-19(23)22-20-21-17-11-6-14(2)13-18(17)25-20/h6-11,13H,3-5,12H2,1-2H3,(H,21,22,23). The van der Waals surface area contributed by atoms with E-state index in [-0.39, 0.29) is 5.91 Å². The SMILES string of the molecule is CCc1ccc(OCCCC(=O)Nc2nc3ccc(C)cc3s2)cc1. The maximum absolute atomic E-state index is 12.1. The second-order valence-corrected chi connectivity index (χ2v) is 7.02. The smallest absolute Gasteiger partial charge is 0.226 e. The van der Waals surface area contributed by atoms with Gasteiger partial charge in [-0.05, 0) is 55.2 Å². The van der Waals surface area contributed by atoms with Crippen LogP contribution in [0.25, 0.3) is 10.2 Å². The number of rotatable bonds is 7. The van der Waals surface area contributed by atoms with Gasteiger partial charge in [-0.2, -0.15) is 0 Å². The molecule has 3 aromatic rings. The number of nitrogens with zero attached hydrogens (tertiary/aromatic N) is 1. The number of thiazole rings is 1. The molecule has 1 amide bonds. The average Bonchev–Trinajstić information content (AvgIpc) is 3.00. The van der Waals surface area contributed by atoms with E-state index in [2.05, 4.69) is 35.4 Å². The number of fused-ring (bicyclic) bond motifs is 1. The van der Waals surface area contributed by atoms with Crippen LogP contribution in [0.4, 0.5) is 5.13 Å². The number of benzene rings is 2. The highest BCUT2D eigenvalue weighted by Gasteiger charge is 2.08. The molecule has 1 N–H and O–H groups in total. The molecule has 0 unspecified atom stereocenters. The van der Waals surface area contributed by atoms with Crippen molar-refractivity contribution in [3.8, 4) is 5.75 Å². The fourth-order valence-electron chi connectivity index (χ4n) is 2.51. The second-order valence-electron chi connectivity index (χ2n) is 5.99. The molecule has 0 aliphatic rings. The van der Waals surface area contributed by atoms with Crippen LogP contribution in [0.3, 0.4) is 0 Å². The van der Waals surface area contributed by atoms with Crippen LogP contribution in [0.5, 0.6) is 5.75 Å². The molecule has 0 atom stereocenters. The van der Waals surface area contributed by atoms with E-state index in [1.54, 1.807) is 0 Å². The molecule has 0 aliphatic heterocycles. The minimum Gasteiger partial charge on any atom is -0.494 e. The number of hydrogen-bond acceptors (Lipinski definition) is 4. The van der Waals surface area contributed by atoms with Crippen molar-refractivity contribution in [3.05, 3.63) is 53.6 Å². The summed E-state index contributed by atoms with van der Waals surface area (Å²) in [6.45, 7) is 4.70. The molecule has 4 nitrogen and oxygen atoms in total. The van der Waals surface area contributed by atoms with Gasteiger partial charge in [-0.25, -0.2) is 4.98 Å². The first-order chi connectivity index (χ1) is 12.1. The Labute approximate surface area is 151 Å². The number of ether oxygens (including phenoxy) is 1. The molecule has 1 aromatic heterocycles. The van der Waals surface area contributed by atoms with E-state index in [9.17, 15) is 4.79 Å². The molecule has 0 saturated carbocycles. The van der Waals surface area contributed by atoms with Crippen molar-refractivity contribution >= 4 is 32.6 Å². The van der Waals surface area contributed by atoms with Crippen LogP contribution < -0.4 is 10.1 Å². The zero-order valence-electron chi connectivity index (χ0n) is 14.5. The van der Waals surface area contributed by atoms with E-state index in [1.165, 1.54) is 22.5 Å². The Balaban J connectivity index is 1.44. The van der Waals surface area contributed by atoms with Gasteiger partial charge in [-0.15, -0.1) is 0 Å². The van der Waals surface area contributed by atoms with E-state index < -0.39 is 0 Å². The lowest BCUT2D eigenvalue weighted by molar-refractivity contribution is -0.116. The normalized spacial score (nSPS) is 10.8. The Bertz CT molecular complexity index is 856. The van der Waals surface area contributed by atoms with Crippen molar-refractivity contribution in [3.63, 3.8) is 0 Å². The minimum atomic E-state index is -0.0271. The maximum atomic E-state index is 12.1. The van der Waals surface area contributed by atoms with Crippen molar-refractivity contribution in [2.24, 2.45) is 0 Å². The maximum Gasteiger partial charge on any atom is 0.226 e. The summed E-state index contributed by atoms with van der Waals surface area (Å²) in [6, 6.07) is 14.2. The van der Waals surface area contributed by atoms with Gasteiger partial charge in [0.05, 0.1) is 16.8 Å². The summed E-state index contributed by atoms with van der Waals surface area (Å²) in [5.74, 6) is 0.819. The van der Waals surface area contributed by atoms with Crippen molar-refractivity contribution in [2.75, 3.05) is 11.9 Å². The van der Waals surface area contributed by atoms with Gasteiger partial charge in [0.25, 0.3) is 0 Å². The van der Waals surface area contributed by atoms with Crippen LogP contribution >= 0.6 is 11.3 Å². The fraction of sp³-hybridized carbons (Fsp3) is 0.300. The number of hydrogen-bond donors (Lipinski definition) is 1. The molecule has 0 spiro atoms. The molecule has 0 fully saturated rings. The summed E-state index contributed by atoms with van der Waals surface area (Å²) in [7, 11) is 0. The van der Waals surface area contributed by atoms with Crippen LogP contribution in [0, 0.1) is 6.92 Å². The van der Waals surface area contributed by atoms with Gasteiger partial charge < -0.3 is 10.1 Å². The van der Waals surface area contributed by atoms with E-state index in [0.717, 1.165) is 22.4 Å². The van der Waals surface area contributed by atoms with E-state index in [0.29, 0.717) is 24.6 Å². The first-order valence-corrected chi connectivity index (χ1v) is 9.34. The van der Waals surface area contributed by atoms with Crippen molar-refractivity contribution in [1.29, 1.82) is 0 Å². The number of aromatic nitrogens is 1. The van der Waals surface area contributed by atoms with Gasteiger partial charge in [0, 0.05) is 6.42 Å². The Morgan fingerprint density at radius 1 is 1.20 bits per heavy atom. The lowest BCUT2D eigenvalue weighted by Gasteiger charge is -2.06. The molecule has 25 heavy (non-hydrogen) atoms. The molecule has 0 radical (unpaired) electrons. The van der Waals surface area contributed by atoms with Gasteiger partial charge in [-0.3, -0.25) is 4.79 Å². The molecule has 0 bridgehead atoms. The summed E-state index contributed by atoms with van der Waals surface area (Å²) in [6.07, 6.45) is 2.11. The highest BCUT2D eigenvalue weighted by Crippen LogP contribution is 2.26. The summed E-state index contributed by atoms with van der Waals surface area (Å²) >= 11 is 1.50.